The lowest BCUT2D eigenvalue weighted by Gasteiger charge is -2.25. The van der Waals surface area contributed by atoms with Crippen molar-refractivity contribution in [1.82, 2.24) is 4.90 Å². The summed E-state index contributed by atoms with van der Waals surface area (Å²) in [7, 11) is 0. The molecule has 1 aromatic rings. The fraction of sp³-hybridized carbons (Fsp3) is 0.667. The zero-order chi connectivity index (χ0) is 13.7. The zero-order valence-corrected chi connectivity index (χ0v) is 13.0. The van der Waals surface area contributed by atoms with Gasteiger partial charge in [0.05, 0.1) is 11.4 Å². The maximum Gasteiger partial charge on any atom is 0.186 e. The summed E-state index contributed by atoms with van der Waals surface area (Å²) < 4.78 is 0. The van der Waals surface area contributed by atoms with Crippen LogP contribution in [0.5, 0.6) is 0 Å². The lowest BCUT2D eigenvalue weighted by molar-refractivity contribution is 0.0916. The summed E-state index contributed by atoms with van der Waals surface area (Å²) in [6.45, 7) is 13.4. The van der Waals surface area contributed by atoms with E-state index < -0.39 is 0 Å². The number of thiophene rings is 1. The standard InChI is InChI=1S/C15H25NOS/c1-11(2)8-16(9-12(3)4)10-14(17)15-7-6-13(5)18-15/h6-7,11-12H,8-10H2,1-5H3. The zero-order valence-electron chi connectivity index (χ0n) is 12.2. The minimum Gasteiger partial charge on any atom is -0.295 e. The van der Waals surface area contributed by atoms with Gasteiger partial charge in [-0.15, -0.1) is 11.3 Å². The molecule has 0 radical (unpaired) electrons. The molecular weight excluding hydrogens is 242 g/mol. The lowest BCUT2D eigenvalue weighted by atomic mass is 10.1. The van der Waals surface area contributed by atoms with Crippen LogP contribution in [0.2, 0.25) is 0 Å². The lowest BCUT2D eigenvalue weighted by Crippen LogP contribution is -2.35. The molecule has 3 heteroatoms. The van der Waals surface area contributed by atoms with Crippen LogP contribution in [0.15, 0.2) is 12.1 Å². The van der Waals surface area contributed by atoms with Gasteiger partial charge in [0.25, 0.3) is 0 Å². The van der Waals surface area contributed by atoms with Crippen LogP contribution in [0, 0.1) is 18.8 Å². The Bertz CT molecular complexity index is 372. The maximum atomic E-state index is 12.2. The first-order valence-electron chi connectivity index (χ1n) is 6.70. The van der Waals surface area contributed by atoms with Gasteiger partial charge in [0.1, 0.15) is 0 Å². The second-order valence-corrected chi connectivity index (χ2v) is 7.10. The minimum absolute atomic E-state index is 0.259. The van der Waals surface area contributed by atoms with Crippen molar-refractivity contribution in [2.24, 2.45) is 11.8 Å². The van der Waals surface area contributed by atoms with E-state index in [4.69, 9.17) is 0 Å². The van der Waals surface area contributed by atoms with Crippen molar-refractivity contribution in [3.05, 3.63) is 21.9 Å². The molecule has 0 saturated heterocycles. The highest BCUT2D eigenvalue weighted by Gasteiger charge is 2.16. The van der Waals surface area contributed by atoms with Gasteiger partial charge in [-0.3, -0.25) is 9.69 Å². The minimum atomic E-state index is 0.259. The summed E-state index contributed by atoms with van der Waals surface area (Å²) in [5.74, 6) is 1.46. The molecule has 0 aliphatic heterocycles. The number of Topliss-reactive ketones (excluding diaryl/α,β-unsaturated/α-hetero) is 1. The highest BCUT2D eigenvalue weighted by Crippen LogP contribution is 2.16. The van der Waals surface area contributed by atoms with E-state index in [-0.39, 0.29) is 5.78 Å². The predicted molar refractivity (Wildman–Crippen MR) is 79.5 cm³/mol. The third-order valence-electron chi connectivity index (χ3n) is 2.63. The Labute approximate surface area is 115 Å². The number of aryl methyl sites for hydroxylation is 1. The van der Waals surface area contributed by atoms with Gasteiger partial charge in [-0.05, 0) is 30.9 Å². The van der Waals surface area contributed by atoms with Gasteiger partial charge in [0.2, 0.25) is 0 Å². The van der Waals surface area contributed by atoms with Crippen LogP contribution in [0.25, 0.3) is 0 Å². The van der Waals surface area contributed by atoms with E-state index in [1.807, 2.05) is 19.1 Å². The van der Waals surface area contributed by atoms with E-state index in [1.54, 1.807) is 11.3 Å². The number of nitrogens with zero attached hydrogens (tertiary/aromatic N) is 1. The molecule has 0 aromatic carbocycles. The van der Waals surface area contributed by atoms with Crippen LogP contribution in [0.1, 0.15) is 42.2 Å². The molecule has 102 valence electrons. The molecule has 0 saturated carbocycles. The predicted octanol–water partition coefficient (Wildman–Crippen LogP) is 3.85. The van der Waals surface area contributed by atoms with E-state index in [9.17, 15) is 4.79 Å². The first kappa shape index (κ1) is 15.4. The molecule has 1 heterocycles. The van der Waals surface area contributed by atoms with Crippen molar-refractivity contribution in [3.63, 3.8) is 0 Å². The summed E-state index contributed by atoms with van der Waals surface area (Å²) in [6.07, 6.45) is 0. The Morgan fingerprint density at radius 2 is 1.72 bits per heavy atom. The molecule has 2 nitrogen and oxygen atoms in total. The molecule has 1 aromatic heterocycles. The normalized spacial score (nSPS) is 11.8. The smallest absolute Gasteiger partial charge is 0.186 e. The average Bonchev–Trinajstić information content (AvgIpc) is 2.62. The van der Waals surface area contributed by atoms with Crippen molar-refractivity contribution in [2.75, 3.05) is 19.6 Å². The molecule has 0 aliphatic carbocycles. The number of hydrogen-bond donors (Lipinski definition) is 0. The quantitative estimate of drug-likeness (QED) is 0.699. The molecule has 0 unspecified atom stereocenters. The number of carbonyl (C=O) groups excluding carboxylic acids is 1. The van der Waals surface area contributed by atoms with Crippen LogP contribution in [0.4, 0.5) is 0 Å². The summed E-state index contributed by atoms with van der Waals surface area (Å²) in [5.41, 5.74) is 0. The third kappa shape index (κ3) is 5.32. The summed E-state index contributed by atoms with van der Waals surface area (Å²) in [6, 6.07) is 3.97. The molecule has 0 amide bonds. The molecule has 0 fully saturated rings. The SMILES string of the molecule is Cc1ccc(C(=O)CN(CC(C)C)CC(C)C)s1. The first-order valence-corrected chi connectivity index (χ1v) is 7.52. The van der Waals surface area contributed by atoms with E-state index in [1.165, 1.54) is 4.88 Å². The number of carbonyl (C=O) groups is 1. The Morgan fingerprint density at radius 3 is 2.11 bits per heavy atom. The van der Waals surface area contributed by atoms with Crippen LogP contribution >= 0.6 is 11.3 Å². The van der Waals surface area contributed by atoms with Crippen LogP contribution < -0.4 is 0 Å². The first-order chi connectivity index (χ1) is 8.38. The molecule has 1 rings (SSSR count). The fourth-order valence-electron chi connectivity index (χ4n) is 2.10. The van der Waals surface area contributed by atoms with Crippen LogP contribution in [0.3, 0.4) is 0 Å². The molecule has 0 atom stereocenters. The largest absolute Gasteiger partial charge is 0.295 e. The van der Waals surface area contributed by atoms with Crippen molar-refractivity contribution in [1.29, 1.82) is 0 Å². The van der Waals surface area contributed by atoms with Crippen molar-refractivity contribution in [3.8, 4) is 0 Å². The molecular formula is C15H25NOS. The average molecular weight is 267 g/mol. The Hall–Kier alpha value is -0.670. The highest BCUT2D eigenvalue weighted by molar-refractivity contribution is 7.14. The molecule has 0 aliphatic rings. The molecule has 0 spiro atoms. The van der Waals surface area contributed by atoms with Gasteiger partial charge >= 0.3 is 0 Å². The van der Waals surface area contributed by atoms with Gasteiger partial charge in [-0.2, -0.15) is 0 Å². The second-order valence-electron chi connectivity index (χ2n) is 5.82. The van der Waals surface area contributed by atoms with E-state index in [0.29, 0.717) is 18.4 Å². The van der Waals surface area contributed by atoms with E-state index in [0.717, 1.165) is 18.0 Å². The molecule has 0 bridgehead atoms. The van der Waals surface area contributed by atoms with Crippen molar-refractivity contribution >= 4 is 17.1 Å². The third-order valence-corrected chi connectivity index (χ3v) is 3.67. The van der Waals surface area contributed by atoms with Gasteiger partial charge in [-0.25, -0.2) is 0 Å². The van der Waals surface area contributed by atoms with Crippen LogP contribution in [-0.2, 0) is 0 Å². The molecule has 18 heavy (non-hydrogen) atoms. The van der Waals surface area contributed by atoms with Gasteiger partial charge in [0.15, 0.2) is 5.78 Å². The fourth-order valence-corrected chi connectivity index (χ4v) is 2.90. The van der Waals surface area contributed by atoms with Crippen LogP contribution in [-0.4, -0.2) is 30.3 Å². The van der Waals surface area contributed by atoms with E-state index >= 15 is 0 Å². The van der Waals surface area contributed by atoms with Crippen molar-refractivity contribution < 1.29 is 4.79 Å². The second kappa shape index (κ2) is 7.05. The monoisotopic (exact) mass is 267 g/mol. The Balaban J connectivity index is 2.61. The summed E-state index contributed by atoms with van der Waals surface area (Å²) in [4.78, 5) is 16.6. The number of ketones is 1. The summed E-state index contributed by atoms with van der Waals surface area (Å²) >= 11 is 1.60. The van der Waals surface area contributed by atoms with Crippen molar-refractivity contribution in [2.45, 2.75) is 34.6 Å². The maximum absolute atomic E-state index is 12.2. The van der Waals surface area contributed by atoms with Gasteiger partial charge < -0.3 is 0 Å². The number of rotatable bonds is 7. The Morgan fingerprint density at radius 1 is 1.17 bits per heavy atom. The van der Waals surface area contributed by atoms with Gasteiger partial charge in [0, 0.05) is 18.0 Å². The Kier molecular flexibility index (Phi) is 6.03. The number of hydrogen-bond acceptors (Lipinski definition) is 3. The summed E-state index contributed by atoms with van der Waals surface area (Å²) in [5, 5.41) is 0. The van der Waals surface area contributed by atoms with E-state index in [2.05, 4.69) is 32.6 Å². The van der Waals surface area contributed by atoms with Gasteiger partial charge in [-0.1, -0.05) is 27.7 Å². The highest BCUT2D eigenvalue weighted by atomic mass is 32.1. The topological polar surface area (TPSA) is 20.3 Å². The molecule has 0 N–H and O–H groups in total.